The molecule has 0 spiro atoms. The maximum atomic E-state index is 5.98. The van der Waals surface area contributed by atoms with E-state index in [0.29, 0.717) is 19.8 Å². The average molecular weight is 601 g/mol. The quantitative estimate of drug-likeness (QED) is 0.0418. The number of hydrogen-bond donors (Lipinski definition) is 0. The number of nitrogens with zero attached hydrogens (tertiary/aromatic N) is 1. The van der Waals surface area contributed by atoms with E-state index < -0.39 is 8.80 Å². The fourth-order valence-corrected chi connectivity index (χ4v) is 8.83. The highest BCUT2D eigenvalue weighted by molar-refractivity contribution is 6.60. The second kappa shape index (κ2) is 30.1. The van der Waals surface area contributed by atoms with E-state index in [0.717, 1.165) is 12.5 Å². The lowest BCUT2D eigenvalue weighted by molar-refractivity contribution is -0.890. The first kappa shape index (κ1) is 41.1. The SMILES string of the molecule is CCCCCCCCCCCCCCCCCC[N+](C)(C)CCCCCCCCCC[Si](OCC)(OCC)OCC. The minimum atomic E-state index is -2.43. The van der Waals surface area contributed by atoms with Crippen molar-refractivity contribution in [2.24, 2.45) is 0 Å². The van der Waals surface area contributed by atoms with Gasteiger partial charge in [-0.25, -0.2) is 0 Å². The average Bonchev–Trinajstić information content (AvgIpc) is 2.94. The number of rotatable bonds is 34. The summed E-state index contributed by atoms with van der Waals surface area (Å²) in [5.74, 6) is 0. The molecular formula is C36H78NO3Si+. The second-order valence-corrected chi connectivity index (χ2v) is 16.0. The summed E-state index contributed by atoms with van der Waals surface area (Å²) in [6, 6.07) is 0.967. The third-order valence-electron chi connectivity index (χ3n) is 8.71. The van der Waals surface area contributed by atoms with Crippen LogP contribution in [0, 0.1) is 0 Å². The summed E-state index contributed by atoms with van der Waals surface area (Å²) in [5.41, 5.74) is 0. The molecule has 0 aliphatic heterocycles. The van der Waals surface area contributed by atoms with Crippen molar-refractivity contribution in [1.82, 2.24) is 0 Å². The molecule has 0 aromatic rings. The lowest BCUT2D eigenvalue weighted by Gasteiger charge is -2.30. The van der Waals surface area contributed by atoms with Crippen LogP contribution in [-0.2, 0) is 13.3 Å². The summed E-state index contributed by atoms with van der Waals surface area (Å²) in [6.45, 7) is 13.2. The molecule has 0 aliphatic rings. The van der Waals surface area contributed by atoms with E-state index in [9.17, 15) is 0 Å². The van der Waals surface area contributed by atoms with Crippen molar-refractivity contribution in [2.45, 2.75) is 188 Å². The molecule has 0 aromatic heterocycles. The molecule has 0 rings (SSSR count). The summed E-state index contributed by atoms with van der Waals surface area (Å²) in [4.78, 5) is 0. The normalized spacial score (nSPS) is 12.4. The van der Waals surface area contributed by atoms with E-state index in [1.165, 1.54) is 165 Å². The lowest BCUT2D eigenvalue weighted by atomic mass is 10.0. The van der Waals surface area contributed by atoms with Crippen molar-refractivity contribution in [3.8, 4) is 0 Å². The Balaban J connectivity index is 3.53. The van der Waals surface area contributed by atoms with Crippen LogP contribution >= 0.6 is 0 Å². The van der Waals surface area contributed by atoms with Crippen molar-refractivity contribution in [3.05, 3.63) is 0 Å². The van der Waals surface area contributed by atoms with Crippen LogP contribution in [0.25, 0.3) is 0 Å². The molecular weight excluding hydrogens is 522 g/mol. The first-order valence-electron chi connectivity index (χ1n) is 18.7. The zero-order valence-electron chi connectivity index (χ0n) is 29.4. The Labute approximate surface area is 261 Å². The van der Waals surface area contributed by atoms with E-state index in [1.54, 1.807) is 0 Å². The molecule has 4 nitrogen and oxygen atoms in total. The molecule has 0 atom stereocenters. The van der Waals surface area contributed by atoms with Gasteiger partial charge in [-0.1, -0.05) is 129 Å². The minimum absolute atomic E-state index is 0.682. The van der Waals surface area contributed by atoms with E-state index >= 15 is 0 Å². The topological polar surface area (TPSA) is 27.7 Å². The fraction of sp³-hybridized carbons (Fsp3) is 1.00. The van der Waals surface area contributed by atoms with Gasteiger partial charge in [0.15, 0.2) is 0 Å². The highest BCUT2D eigenvalue weighted by Gasteiger charge is 2.39. The first-order chi connectivity index (χ1) is 19.9. The molecule has 0 N–H and O–H groups in total. The molecule has 248 valence electrons. The van der Waals surface area contributed by atoms with Crippen molar-refractivity contribution in [3.63, 3.8) is 0 Å². The lowest BCUT2D eigenvalue weighted by Crippen LogP contribution is -2.45. The van der Waals surface area contributed by atoms with Gasteiger partial charge in [0.05, 0.1) is 27.2 Å². The van der Waals surface area contributed by atoms with Crippen molar-refractivity contribution < 1.29 is 17.8 Å². The van der Waals surface area contributed by atoms with E-state index in [-0.39, 0.29) is 0 Å². The zero-order chi connectivity index (χ0) is 30.3. The molecule has 5 heteroatoms. The molecule has 41 heavy (non-hydrogen) atoms. The molecule has 0 bridgehead atoms. The summed E-state index contributed by atoms with van der Waals surface area (Å²) in [5, 5.41) is 0. The Morgan fingerprint density at radius 3 is 0.927 bits per heavy atom. The van der Waals surface area contributed by atoms with Crippen molar-refractivity contribution >= 4 is 8.80 Å². The number of unbranched alkanes of at least 4 members (excludes halogenated alkanes) is 22. The molecule has 0 fully saturated rings. The van der Waals surface area contributed by atoms with Gasteiger partial charge in [0.1, 0.15) is 0 Å². The summed E-state index contributed by atoms with van der Waals surface area (Å²) in [6.07, 6.45) is 33.9. The first-order valence-corrected chi connectivity index (χ1v) is 20.6. The van der Waals surface area contributed by atoms with Gasteiger partial charge in [-0.15, -0.1) is 0 Å². The van der Waals surface area contributed by atoms with Gasteiger partial charge in [-0.2, -0.15) is 0 Å². The van der Waals surface area contributed by atoms with Crippen molar-refractivity contribution in [1.29, 1.82) is 0 Å². The third-order valence-corrected chi connectivity index (χ3v) is 11.9. The minimum Gasteiger partial charge on any atom is -0.374 e. The van der Waals surface area contributed by atoms with E-state index in [1.807, 2.05) is 20.8 Å². The Morgan fingerprint density at radius 2 is 0.634 bits per heavy atom. The van der Waals surface area contributed by atoms with Crippen LogP contribution in [0.4, 0.5) is 0 Å². The Morgan fingerprint density at radius 1 is 0.366 bits per heavy atom. The number of hydrogen-bond acceptors (Lipinski definition) is 3. The van der Waals surface area contributed by atoms with Crippen LogP contribution in [-0.4, -0.2) is 60.3 Å². The van der Waals surface area contributed by atoms with Crippen LogP contribution in [0.1, 0.15) is 182 Å². The van der Waals surface area contributed by atoms with Crippen LogP contribution in [0.15, 0.2) is 0 Å². The molecule has 0 radical (unpaired) electrons. The maximum Gasteiger partial charge on any atom is 0.500 e. The summed E-state index contributed by atoms with van der Waals surface area (Å²) < 4.78 is 19.1. The Kier molecular flexibility index (Phi) is 30.1. The highest BCUT2D eigenvalue weighted by Crippen LogP contribution is 2.21. The zero-order valence-corrected chi connectivity index (χ0v) is 30.4. The third kappa shape index (κ3) is 27.3. The van der Waals surface area contributed by atoms with Gasteiger partial charge in [0.25, 0.3) is 0 Å². The standard InChI is InChI=1S/C36H78NO3Si/c1-7-11-12-13-14-15-16-17-18-19-20-21-22-25-28-31-34-37(5,6)35-32-29-26-23-24-27-30-33-36-41(38-8-2,39-9-3)40-10-4/h7-36H2,1-6H3/q+1. The van der Waals surface area contributed by atoms with E-state index in [2.05, 4.69) is 21.0 Å². The molecule has 0 unspecified atom stereocenters. The van der Waals surface area contributed by atoms with Gasteiger partial charge in [-0.3, -0.25) is 0 Å². The van der Waals surface area contributed by atoms with Gasteiger partial charge < -0.3 is 17.8 Å². The van der Waals surface area contributed by atoms with Crippen LogP contribution in [0.2, 0.25) is 6.04 Å². The molecule has 0 heterocycles. The van der Waals surface area contributed by atoms with Crippen molar-refractivity contribution in [2.75, 3.05) is 47.0 Å². The van der Waals surface area contributed by atoms with Gasteiger partial charge in [-0.05, 0) is 52.9 Å². The predicted molar refractivity (Wildman–Crippen MR) is 184 cm³/mol. The summed E-state index contributed by atoms with van der Waals surface area (Å²) in [7, 11) is 2.46. The highest BCUT2D eigenvalue weighted by atomic mass is 28.4. The molecule has 0 aromatic carbocycles. The van der Waals surface area contributed by atoms with Crippen LogP contribution in [0.3, 0.4) is 0 Å². The maximum absolute atomic E-state index is 5.98. The monoisotopic (exact) mass is 601 g/mol. The summed E-state index contributed by atoms with van der Waals surface area (Å²) >= 11 is 0. The van der Waals surface area contributed by atoms with Crippen LogP contribution < -0.4 is 0 Å². The largest absolute Gasteiger partial charge is 0.500 e. The van der Waals surface area contributed by atoms with Gasteiger partial charge in [0, 0.05) is 25.9 Å². The van der Waals surface area contributed by atoms with Gasteiger partial charge in [0.2, 0.25) is 0 Å². The number of quaternary nitrogens is 1. The molecule has 0 saturated heterocycles. The molecule has 0 saturated carbocycles. The Hall–Kier alpha value is 0.0569. The smallest absolute Gasteiger partial charge is 0.374 e. The molecule has 0 amide bonds. The Bertz CT molecular complexity index is 500. The second-order valence-electron chi connectivity index (χ2n) is 13.2. The molecule has 0 aliphatic carbocycles. The predicted octanol–water partition coefficient (Wildman–Crippen LogP) is 11.5. The fourth-order valence-electron chi connectivity index (χ4n) is 6.14. The van der Waals surface area contributed by atoms with E-state index in [4.69, 9.17) is 13.3 Å². The van der Waals surface area contributed by atoms with Crippen LogP contribution in [0.5, 0.6) is 0 Å². The van der Waals surface area contributed by atoms with Gasteiger partial charge >= 0.3 is 8.80 Å².